The van der Waals surface area contributed by atoms with Gasteiger partial charge in [0.25, 0.3) is 0 Å². The molecule has 0 bridgehead atoms. The lowest BCUT2D eigenvalue weighted by Gasteiger charge is -2.14. The molecule has 1 saturated heterocycles. The van der Waals surface area contributed by atoms with Gasteiger partial charge in [0.05, 0.1) is 11.0 Å². The molecule has 100 valence electrons. The number of aromatic hydroxyl groups is 1. The fourth-order valence-electron chi connectivity index (χ4n) is 1.97. The molecule has 5 nitrogen and oxygen atoms in total. The van der Waals surface area contributed by atoms with Crippen LogP contribution in [0.2, 0.25) is 0 Å². The predicted molar refractivity (Wildman–Crippen MR) is 66.8 cm³/mol. The van der Waals surface area contributed by atoms with Gasteiger partial charge in [0.1, 0.15) is 5.75 Å². The topological polar surface area (TPSA) is 75.6 Å². The van der Waals surface area contributed by atoms with Gasteiger partial charge in [0.2, 0.25) is 10.0 Å². The van der Waals surface area contributed by atoms with E-state index in [4.69, 9.17) is 9.84 Å². The first kappa shape index (κ1) is 13.3. The number of sulfonamides is 1. The van der Waals surface area contributed by atoms with Crippen LogP contribution in [0.3, 0.4) is 0 Å². The molecule has 0 amide bonds. The van der Waals surface area contributed by atoms with Crippen LogP contribution in [-0.4, -0.2) is 32.8 Å². The molecule has 2 unspecified atom stereocenters. The summed E-state index contributed by atoms with van der Waals surface area (Å²) < 4.78 is 31.9. The largest absolute Gasteiger partial charge is 0.508 e. The Morgan fingerprint density at radius 3 is 2.61 bits per heavy atom. The molecule has 1 aromatic carbocycles. The third-order valence-corrected chi connectivity index (χ3v) is 4.66. The van der Waals surface area contributed by atoms with E-state index in [0.29, 0.717) is 13.2 Å². The van der Waals surface area contributed by atoms with Crippen molar-refractivity contribution >= 4 is 10.0 Å². The van der Waals surface area contributed by atoms with Crippen molar-refractivity contribution in [2.45, 2.75) is 24.3 Å². The number of phenolic OH excluding ortho intramolecular Hbond substituents is 1. The van der Waals surface area contributed by atoms with E-state index in [1.54, 1.807) is 0 Å². The highest BCUT2D eigenvalue weighted by Gasteiger charge is 2.26. The summed E-state index contributed by atoms with van der Waals surface area (Å²) in [5.74, 6) is 0.267. The normalized spacial score (nSPS) is 24.3. The van der Waals surface area contributed by atoms with Gasteiger partial charge in [-0.15, -0.1) is 0 Å². The first-order valence-electron chi connectivity index (χ1n) is 5.89. The number of hydrogen-bond acceptors (Lipinski definition) is 4. The van der Waals surface area contributed by atoms with E-state index in [1.807, 2.05) is 6.92 Å². The summed E-state index contributed by atoms with van der Waals surface area (Å²) in [4.78, 5) is 0.159. The quantitative estimate of drug-likeness (QED) is 0.859. The van der Waals surface area contributed by atoms with E-state index in [9.17, 15) is 8.42 Å². The molecule has 1 aromatic rings. The number of ether oxygens (including phenoxy) is 1. The monoisotopic (exact) mass is 271 g/mol. The molecule has 1 heterocycles. The Hall–Kier alpha value is -1.11. The van der Waals surface area contributed by atoms with Gasteiger partial charge in [-0.1, -0.05) is 0 Å². The van der Waals surface area contributed by atoms with Crippen LogP contribution in [0.15, 0.2) is 29.2 Å². The van der Waals surface area contributed by atoms with E-state index >= 15 is 0 Å². The maximum Gasteiger partial charge on any atom is 0.240 e. The van der Waals surface area contributed by atoms with Crippen molar-refractivity contribution in [3.8, 4) is 5.75 Å². The van der Waals surface area contributed by atoms with E-state index in [-0.39, 0.29) is 22.7 Å². The lowest BCUT2D eigenvalue weighted by Crippen LogP contribution is -2.31. The number of benzene rings is 1. The second kappa shape index (κ2) is 5.26. The van der Waals surface area contributed by atoms with Gasteiger partial charge in [-0.25, -0.2) is 13.1 Å². The van der Waals surface area contributed by atoms with E-state index in [2.05, 4.69) is 4.72 Å². The molecule has 2 rings (SSSR count). The zero-order valence-electron chi connectivity index (χ0n) is 10.2. The lowest BCUT2D eigenvalue weighted by molar-refractivity contribution is 0.107. The predicted octanol–water partition coefficient (Wildman–Crippen LogP) is 1.10. The highest BCUT2D eigenvalue weighted by molar-refractivity contribution is 7.89. The van der Waals surface area contributed by atoms with Crippen LogP contribution in [0.1, 0.15) is 13.3 Å². The summed E-state index contributed by atoms with van der Waals surface area (Å²) in [6.45, 7) is 3.02. The average Bonchev–Trinajstić information content (AvgIpc) is 2.73. The van der Waals surface area contributed by atoms with Crippen molar-refractivity contribution in [2.24, 2.45) is 5.92 Å². The Morgan fingerprint density at radius 2 is 2.06 bits per heavy atom. The summed E-state index contributed by atoms with van der Waals surface area (Å²) in [6.07, 6.45) is 0.965. The second-order valence-corrected chi connectivity index (χ2v) is 6.24. The van der Waals surface area contributed by atoms with E-state index in [1.165, 1.54) is 24.3 Å². The van der Waals surface area contributed by atoms with Crippen LogP contribution in [0.4, 0.5) is 0 Å². The summed E-state index contributed by atoms with van der Waals surface area (Å²) >= 11 is 0. The van der Waals surface area contributed by atoms with Gasteiger partial charge in [-0.2, -0.15) is 0 Å². The van der Waals surface area contributed by atoms with Crippen LogP contribution in [0, 0.1) is 5.92 Å². The third-order valence-electron chi connectivity index (χ3n) is 3.22. The standard InChI is InChI=1S/C12H17NO4S/c1-9-10(6-7-17-9)8-13-18(15,16)12-4-2-11(14)3-5-12/h2-5,9-10,13-14H,6-8H2,1H3. The van der Waals surface area contributed by atoms with Gasteiger partial charge >= 0.3 is 0 Å². The van der Waals surface area contributed by atoms with Crippen LogP contribution in [0.25, 0.3) is 0 Å². The van der Waals surface area contributed by atoms with Crippen molar-refractivity contribution in [2.75, 3.05) is 13.2 Å². The smallest absolute Gasteiger partial charge is 0.240 e. The zero-order chi connectivity index (χ0) is 13.2. The summed E-state index contributed by atoms with van der Waals surface area (Å²) in [6, 6.07) is 5.48. The number of phenols is 1. The van der Waals surface area contributed by atoms with Crippen LogP contribution in [0.5, 0.6) is 5.75 Å². The fourth-order valence-corrected chi connectivity index (χ4v) is 3.06. The van der Waals surface area contributed by atoms with Crippen molar-refractivity contribution < 1.29 is 18.3 Å². The highest BCUT2D eigenvalue weighted by Crippen LogP contribution is 2.20. The van der Waals surface area contributed by atoms with Crippen molar-refractivity contribution in [3.05, 3.63) is 24.3 Å². The molecular weight excluding hydrogens is 254 g/mol. The molecule has 0 aliphatic carbocycles. The van der Waals surface area contributed by atoms with E-state index in [0.717, 1.165) is 6.42 Å². The molecule has 0 aromatic heterocycles. The Kier molecular flexibility index (Phi) is 3.89. The van der Waals surface area contributed by atoms with Crippen molar-refractivity contribution in [3.63, 3.8) is 0 Å². The molecule has 18 heavy (non-hydrogen) atoms. The molecule has 0 saturated carbocycles. The third kappa shape index (κ3) is 3.01. The molecular formula is C12H17NO4S. The van der Waals surface area contributed by atoms with Crippen LogP contribution >= 0.6 is 0 Å². The van der Waals surface area contributed by atoms with Gasteiger partial charge in [0.15, 0.2) is 0 Å². The molecule has 6 heteroatoms. The fraction of sp³-hybridized carbons (Fsp3) is 0.500. The molecule has 2 N–H and O–H groups in total. The lowest BCUT2D eigenvalue weighted by atomic mass is 10.0. The minimum atomic E-state index is -3.50. The first-order chi connectivity index (χ1) is 8.49. The van der Waals surface area contributed by atoms with Crippen molar-refractivity contribution in [1.29, 1.82) is 0 Å². The minimum Gasteiger partial charge on any atom is -0.508 e. The SMILES string of the molecule is CC1OCCC1CNS(=O)(=O)c1ccc(O)cc1. The average molecular weight is 271 g/mol. The molecule has 1 aliphatic heterocycles. The van der Waals surface area contributed by atoms with Gasteiger partial charge < -0.3 is 9.84 Å². The highest BCUT2D eigenvalue weighted by atomic mass is 32.2. The Labute approximate surface area is 107 Å². The van der Waals surface area contributed by atoms with Crippen LogP contribution < -0.4 is 4.72 Å². The van der Waals surface area contributed by atoms with Gasteiger partial charge in [-0.3, -0.25) is 0 Å². The van der Waals surface area contributed by atoms with Crippen molar-refractivity contribution in [1.82, 2.24) is 4.72 Å². The van der Waals surface area contributed by atoms with E-state index < -0.39 is 10.0 Å². The zero-order valence-corrected chi connectivity index (χ0v) is 11.0. The van der Waals surface area contributed by atoms with Gasteiger partial charge in [0, 0.05) is 19.1 Å². The summed E-state index contributed by atoms with van der Waals surface area (Å²) in [7, 11) is -3.50. The number of hydrogen-bond donors (Lipinski definition) is 2. The number of nitrogens with one attached hydrogen (secondary N) is 1. The maximum atomic E-state index is 12.0. The minimum absolute atomic E-state index is 0.0479. The summed E-state index contributed by atoms with van der Waals surface area (Å²) in [5.41, 5.74) is 0. The molecule has 1 fully saturated rings. The van der Waals surface area contributed by atoms with Gasteiger partial charge in [-0.05, 0) is 37.6 Å². The Bertz CT molecular complexity index is 497. The second-order valence-electron chi connectivity index (χ2n) is 4.47. The molecule has 2 atom stereocenters. The molecule has 1 aliphatic rings. The first-order valence-corrected chi connectivity index (χ1v) is 7.37. The molecule has 0 spiro atoms. The summed E-state index contributed by atoms with van der Waals surface area (Å²) in [5, 5.41) is 9.13. The Morgan fingerprint density at radius 1 is 1.39 bits per heavy atom. The number of rotatable bonds is 4. The Balaban J connectivity index is 2.01. The molecule has 0 radical (unpaired) electrons. The van der Waals surface area contributed by atoms with Crippen LogP contribution in [-0.2, 0) is 14.8 Å². The maximum absolute atomic E-state index is 12.0.